The maximum Gasteiger partial charge on any atom is 0.333 e. The highest BCUT2D eigenvalue weighted by atomic mass is 79.9. The Kier molecular flexibility index (Phi) is 5.22. The van der Waals surface area contributed by atoms with Crippen LogP contribution >= 0.6 is 27.5 Å². The summed E-state index contributed by atoms with van der Waals surface area (Å²) in [7, 11) is 0. The number of ether oxygens (including phenoxy) is 1. The van der Waals surface area contributed by atoms with Gasteiger partial charge in [-0.1, -0.05) is 17.7 Å². The summed E-state index contributed by atoms with van der Waals surface area (Å²) in [6.07, 6.45) is 0. The summed E-state index contributed by atoms with van der Waals surface area (Å²) in [5, 5.41) is 0.648. The SMILES string of the molecule is CCOC(=O)/C(C)=C(\C)c1ccc(Cl)c(Br)c1. The Morgan fingerprint density at radius 1 is 1.41 bits per heavy atom. The van der Waals surface area contributed by atoms with Gasteiger partial charge in [-0.05, 0) is 60.0 Å². The van der Waals surface area contributed by atoms with Crippen molar-refractivity contribution in [3.05, 3.63) is 38.8 Å². The first kappa shape index (κ1) is 14.3. The molecule has 0 aliphatic rings. The van der Waals surface area contributed by atoms with E-state index in [2.05, 4.69) is 15.9 Å². The summed E-state index contributed by atoms with van der Waals surface area (Å²) < 4.78 is 5.78. The first-order chi connectivity index (χ1) is 7.97. The van der Waals surface area contributed by atoms with E-state index < -0.39 is 0 Å². The molecule has 0 spiro atoms. The highest BCUT2D eigenvalue weighted by molar-refractivity contribution is 9.10. The predicted molar refractivity (Wildman–Crippen MR) is 74.1 cm³/mol. The quantitative estimate of drug-likeness (QED) is 0.608. The largest absolute Gasteiger partial charge is 0.463 e. The fraction of sp³-hybridized carbons (Fsp3) is 0.308. The van der Waals surface area contributed by atoms with Gasteiger partial charge in [-0.2, -0.15) is 0 Å². The molecule has 0 heterocycles. The Hall–Kier alpha value is -0.800. The van der Waals surface area contributed by atoms with Crippen LogP contribution in [-0.2, 0) is 9.53 Å². The Labute approximate surface area is 115 Å². The standard InChI is InChI=1S/C13H14BrClO2/c1-4-17-13(16)9(3)8(2)10-5-6-12(15)11(14)7-10/h5-7H,4H2,1-3H3/b9-8+. The fourth-order valence-electron chi connectivity index (χ4n) is 1.34. The monoisotopic (exact) mass is 316 g/mol. The second-order valence-corrected chi connectivity index (χ2v) is 4.86. The van der Waals surface area contributed by atoms with Crippen LogP contribution in [0.1, 0.15) is 26.3 Å². The average molecular weight is 318 g/mol. The van der Waals surface area contributed by atoms with Crippen LogP contribution in [0.4, 0.5) is 0 Å². The molecule has 1 rings (SSSR count). The summed E-state index contributed by atoms with van der Waals surface area (Å²) in [4.78, 5) is 11.6. The van der Waals surface area contributed by atoms with Gasteiger partial charge in [0.15, 0.2) is 0 Å². The number of benzene rings is 1. The smallest absolute Gasteiger partial charge is 0.333 e. The minimum absolute atomic E-state index is 0.281. The number of esters is 1. The van der Waals surface area contributed by atoms with Gasteiger partial charge in [-0.15, -0.1) is 0 Å². The number of carbonyl (C=O) groups is 1. The molecule has 0 aliphatic carbocycles. The average Bonchev–Trinajstić information content (AvgIpc) is 2.31. The first-order valence-corrected chi connectivity index (χ1v) is 6.44. The van der Waals surface area contributed by atoms with Crippen molar-refractivity contribution in [1.29, 1.82) is 0 Å². The van der Waals surface area contributed by atoms with Crippen LogP contribution in [0.5, 0.6) is 0 Å². The van der Waals surface area contributed by atoms with Crippen LogP contribution in [0.25, 0.3) is 5.57 Å². The van der Waals surface area contributed by atoms with Crippen molar-refractivity contribution in [1.82, 2.24) is 0 Å². The molecule has 92 valence electrons. The summed E-state index contributed by atoms with van der Waals surface area (Å²) in [5.74, 6) is -0.281. The number of rotatable bonds is 3. The zero-order chi connectivity index (χ0) is 13.0. The van der Waals surface area contributed by atoms with Gasteiger partial charge >= 0.3 is 5.97 Å². The zero-order valence-electron chi connectivity index (χ0n) is 10.0. The van der Waals surface area contributed by atoms with Crippen molar-refractivity contribution in [3.63, 3.8) is 0 Å². The summed E-state index contributed by atoms with van der Waals surface area (Å²) in [6, 6.07) is 5.56. The normalized spacial score (nSPS) is 12.1. The maximum absolute atomic E-state index is 11.6. The van der Waals surface area contributed by atoms with Crippen molar-refractivity contribution >= 4 is 39.1 Å². The van der Waals surface area contributed by atoms with Crippen molar-refractivity contribution in [2.24, 2.45) is 0 Å². The molecule has 0 radical (unpaired) electrons. The third kappa shape index (κ3) is 3.58. The number of carbonyl (C=O) groups excluding carboxylic acids is 1. The highest BCUT2D eigenvalue weighted by Crippen LogP contribution is 2.27. The van der Waals surface area contributed by atoms with Crippen LogP contribution in [0, 0.1) is 0 Å². The molecule has 0 bridgehead atoms. The lowest BCUT2D eigenvalue weighted by atomic mass is 10.0. The van der Waals surface area contributed by atoms with E-state index >= 15 is 0 Å². The molecule has 0 amide bonds. The van der Waals surface area contributed by atoms with Gasteiger partial charge in [0.25, 0.3) is 0 Å². The van der Waals surface area contributed by atoms with E-state index in [1.165, 1.54) is 0 Å². The van der Waals surface area contributed by atoms with Gasteiger partial charge in [0.05, 0.1) is 11.6 Å². The van der Waals surface area contributed by atoms with E-state index in [9.17, 15) is 4.79 Å². The van der Waals surface area contributed by atoms with Gasteiger partial charge in [-0.25, -0.2) is 4.79 Å². The molecule has 1 aromatic rings. The number of hydrogen-bond donors (Lipinski definition) is 0. The molecule has 4 heteroatoms. The lowest BCUT2D eigenvalue weighted by Gasteiger charge is -2.08. The summed E-state index contributed by atoms with van der Waals surface area (Å²) >= 11 is 9.28. The Bertz CT molecular complexity index is 466. The lowest BCUT2D eigenvalue weighted by Crippen LogP contribution is -2.06. The van der Waals surface area contributed by atoms with Crippen molar-refractivity contribution in [3.8, 4) is 0 Å². The van der Waals surface area contributed by atoms with Gasteiger partial charge in [0, 0.05) is 10.0 Å². The topological polar surface area (TPSA) is 26.3 Å². The van der Waals surface area contributed by atoms with E-state index in [-0.39, 0.29) is 5.97 Å². The molecule has 0 unspecified atom stereocenters. The van der Waals surface area contributed by atoms with Gasteiger partial charge in [0.1, 0.15) is 0 Å². The first-order valence-electron chi connectivity index (χ1n) is 5.27. The molecule has 17 heavy (non-hydrogen) atoms. The van der Waals surface area contributed by atoms with Crippen LogP contribution in [0.2, 0.25) is 5.02 Å². The van der Waals surface area contributed by atoms with Crippen LogP contribution in [0.3, 0.4) is 0 Å². The second-order valence-electron chi connectivity index (χ2n) is 3.60. The molecule has 0 aromatic heterocycles. The lowest BCUT2D eigenvalue weighted by molar-refractivity contribution is -0.138. The van der Waals surface area contributed by atoms with Crippen molar-refractivity contribution in [2.75, 3.05) is 6.61 Å². The van der Waals surface area contributed by atoms with Gasteiger partial charge < -0.3 is 4.74 Å². The summed E-state index contributed by atoms with van der Waals surface area (Å²) in [6.45, 7) is 5.82. The van der Waals surface area contributed by atoms with Crippen LogP contribution < -0.4 is 0 Å². The highest BCUT2D eigenvalue weighted by Gasteiger charge is 2.10. The molecule has 0 atom stereocenters. The van der Waals surface area contributed by atoms with E-state index in [4.69, 9.17) is 16.3 Å². The second kappa shape index (κ2) is 6.22. The molecular formula is C13H14BrClO2. The molecule has 0 saturated heterocycles. The zero-order valence-corrected chi connectivity index (χ0v) is 12.4. The van der Waals surface area contributed by atoms with Crippen LogP contribution in [0.15, 0.2) is 28.2 Å². The van der Waals surface area contributed by atoms with Gasteiger partial charge in [-0.3, -0.25) is 0 Å². The number of halogens is 2. The maximum atomic E-state index is 11.6. The van der Waals surface area contributed by atoms with Gasteiger partial charge in [0.2, 0.25) is 0 Å². The molecule has 0 fully saturated rings. The summed E-state index contributed by atoms with van der Waals surface area (Å²) in [5.41, 5.74) is 2.45. The third-order valence-corrected chi connectivity index (χ3v) is 3.71. The van der Waals surface area contributed by atoms with Crippen molar-refractivity contribution in [2.45, 2.75) is 20.8 Å². The van der Waals surface area contributed by atoms with E-state index in [1.807, 2.05) is 19.1 Å². The third-order valence-electron chi connectivity index (χ3n) is 2.50. The van der Waals surface area contributed by atoms with E-state index in [1.54, 1.807) is 19.9 Å². The Morgan fingerprint density at radius 3 is 2.59 bits per heavy atom. The van der Waals surface area contributed by atoms with E-state index in [0.717, 1.165) is 15.6 Å². The van der Waals surface area contributed by atoms with Crippen LogP contribution in [-0.4, -0.2) is 12.6 Å². The molecule has 1 aromatic carbocycles. The molecule has 0 aliphatic heterocycles. The molecular weight excluding hydrogens is 303 g/mol. The Morgan fingerprint density at radius 2 is 2.06 bits per heavy atom. The minimum atomic E-state index is -0.281. The fourth-order valence-corrected chi connectivity index (χ4v) is 1.83. The molecule has 2 nitrogen and oxygen atoms in total. The molecule has 0 saturated carbocycles. The molecule has 0 N–H and O–H groups in total. The minimum Gasteiger partial charge on any atom is -0.463 e. The number of allylic oxidation sites excluding steroid dienone is 1. The number of hydrogen-bond acceptors (Lipinski definition) is 2. The van der Waals surface area contributed by atoms with E-state index in [0.29, 0.717) is 17.2 Å². The van der Waals surface area contributed by atoms with Crippen molar-refractivity contribution < 1.29 is 9.53 Å². The predicted octanol–water partition coefficient (Wildman–Crippen LogP) is 4.46. The Balaban J connectivity index is 3.09.